The maximum Gasteiger partial charge on any atom is 0.286 e. The molecule has 0 atom stereocenters. The molecule has 160 valence electrons. The number of nitrogens with zero attached hydrogens (tertiary/aromatic N) is 3. The Balaban J connectivity index is 1.38. The molecule has 32 heavy (non-hydrogen) atoms. The number of aryl methyl sites for hydroxylation is 1. The van der Waals surface area contributed by atoms with Gasteiger partial charge in [0.2, 0.25) is 0 Å². The van der Waals surface area contributed by atoms with Gasteiger partial charge in [0.1, 0.15) is 0 Å². The lowest BCUT2D eigenvalue weighted by Crippen LogP contribution is -2.44. The molecule has 9 heteroatoms. The minimum atomic E-state index is -0.201. The van der Waals surface area contributed by atoms with Crippen LogP contribution in [0.5, 0.6) is 0 Å². The molecule has 1 amide bonds. The molecule has 1 saturated heterocycles. The van der Waals surface area contributed by atoms with Gasteiger partial charge in [0.15, 0.2) is 5.17 Å². The largest absolute Gasteiger partial charge is 0.365 e. The zero-order valence-electron chi connectivity index (χ0n) is 19.1. The van der Waals surface area contributed by atoms with Gasteiger partial charge in [-0.05, 0) is 59.9 Å². The third-order valence-electron chi connectivity index (χ3n) is 6.62. The van der Waals surface area contributed by atoms with Gasteiger partial charge in [0.25, 0.3) is 5.91 Å². The van der Waals surface area contributed by atoms with Gasteiger partial charge in [-0.2, -0.15) is 4.99 Å². The maximum absolute atomic E-state index is 13.0. The number of thioether (sulfide) groups is 1. The van der Waals surface area contributed by atoms with Gasteiger partial charge in [0.05, 0.1) is 40.7 Å². The van der Waals surface area contributed by atoms with Crippen molar-refractivity contribution < 1.29 is 9.53 Å². The van der Waals surface area contributed by atoms with Crippen LogP contribution in [0.2, 0.25) is 5.11 Å². The average Bonchev–Trinajstić information content (AvgIpc) is 3.31. The van der Waals surface area contributed by atoms with Gasteiger partial charge < -0.3 is 9.64 Å². The molecule has 1 fully saturated rings. The number of amidine groups is 1. The number of amides is 1. The quantitative estimate of drug-likeness (QED) is 0.519. The number of benzene rings is 1. The number of fused-ring (bicyclic) bond motifs is 2. The van der Waals surface area contributed by atoms with Gasteiger partial charge in [-0.15, -0.1) is 0 Å². The van der Waals surface area contributed by atoms with E-state index in [9.17, 15) is 4.79 Å². The van der Waals surface area contributed by atoms with Crippen LogP contribution in [-0.2, 0) is 21.7 Å². The summed E-state index contributed by atoms with van der Waals surface area (Å²) in [5.74, 6) is -0.141. The number of hydrogen-bond acceptors (Lipinski definition) is 5. The van der Waals surface area contributed by atoms with Crippen LogP contribution in [0.25, 0.3) is 5.57 Å². The predicted molar refractivity (Wildman–Crippen MR) is 138 cm³/mol. The van der Waals surface area contributed by atoms with Gasteiger partial charge in [0, 0.05) is 25.0 Å². The highest BCUT2D eigenvalue weighted by atomic mass is 32.2. The lowest BCUT2D eigenvalue weighted by molar-refractivity contribution is -0.113. The molecule has 1 spiro atoms. The van der Waals surface area contributed by atoms with Crippen LogP contribution in [-0.4, -0.2) is 57.6 Å². The Morgan fingerprint density at radius 3 is 2.59 bits per heavy atom. The monoisotopic (exact) mass is 441 g/mol. The summed E-state index contributed by atoms with van der Waals surface area (Å²) < 4.78 is 6.30. The number of allylic oxidation sites excluding steroid dienone is 1. The summed E-state index contributed by atoms with van der Waals surface area (Å²) in [6, 6.07) is 12.6. The lowest BCUT2D eigenvalue weighted by Gasteiger charge is -2.39. The van der Waals surface area contributed by atoms with E-state index in [4.69, 9.17) is 4.74 Å². The molecule has 0 unspecified atom stereocenters. The first-order valence-electron chi connectivity index (χ1n) is 11.2. The van der Waals surface area contributed by atoms with Gasteiger partial charge in [-0.1, -0.05) is 35.4 Å². The Labute approximate surface area is 196 Å². The van der Waals surface area contributed by atoms with Crippen molar-refractivity contribution in [2.45, 2.75) is 37.1 Å². The molecular formula is C23H26B3N3O2S. The number of pyridine rings is 1. The minimum absolute atomic E-state index is 0.141. The van der Waals surface area contributed by atoms with Crippen molar-refractivity contribution in [1.29, 1.82) is 0 Å². The fraction of sp³-hybridized carbons (Fsp3) is 0.348. The number of piperidine rings is 1. The zero-order chi connectivity index (χ0) is 22.5. The Hall–Kier alpha value is -2.25. The fourth-order valence-electron chi connectivity index (χ4n) is 4.97. The van der Waals surface area contributed by atoms with Crippen LogP contribution in [0, 0.1) is 6.92 Å². The molecule has 2 aromatic rings. The number of carbonyl (C=O) groups excluding carboxylic acids is 1. The number of aromatic nitrogens is 1. The van der Waals surface area contributed by atoms with E-state index in [0.29, 0.717) is 6.61 Å². The second-order valence-electron chi connectivity index (χ2n) is 9.87. The van der Waals surface area contributed by atoms with E-state index in [0.717, 1.165) is 52.8 Å². The average molecular weight is 441 g/mol. The van der Waals surface area contributed by atoms with E-state index < -0.39 is 0 Å². The van der Waals surface area contributed by atoms with E-state index in [1.165, 1.54) is 22.9 Å². The topological polar surface area (TPSA) is 54.8 Å². The number of likely N-dealkylation sites (tertiary alicyclic amines) is 1. The smallest absolute Gasteiger partial charge is 0.286 e. The van der Waals surface area contributed by atoms with E-state index in [-0.39, 0.29) is 16.6 Å². The lowest BCUT2D eigenvalue weighted by atomic mass is 9.39. The molecule has 3 aliphatic rings. The van der Waals surface area contributed by atoms with Crippen molar-refractivity contribution in [3.63, 3.8) is 0 Å². The highest BCUT2D eigenvalue weighted by Gasteiger charge is 2.44. The molecule has 0 saturated carbocycles. The number of hydrogen-bond donors (Lipinski definition) is 0. The maximum atomic E-state index is 13.0. The van der Waals surface area contributed by atoms with Crippen molar-refractivity contribution in [2.24, 2.45) is 4.99 Å². The highest BCUT2D eigenvalue weighted by molar-refractivity contribution is 8.18. The molecular weight excluding hydrogens is 415 g/mol. The van der Waals surface area contributed by atoms with Crippen LogP contribution in [0.4, 0.5) is 0 Å². The van der Waals surface area contributed by atoms with Crippen LogP contribution in [0.1, 0.15) is 35.2 Å². The van der Waals surface area contributed by atoms with Crippen LogP contribution in [0.3, 0.4) is 0 Å². The highest BCUT2D eigenvalue weighted by Crippen LogP contribution is 2.46. The number of ether oxygens (including phenoxy) is 1. The Kier molecular flexibility index (Phi) is 5.37. The molecule has 0 aliphatic carbocycles. The van der Waals surface area contributed by atoms with Gasteiger partial charge in [-0.25, -0.2) is 0 Å². The summed E-state index contributed by atoms with van der Waals surface area (Å²) in [6.45, 7) is 4.33. The van der Waals surface area contributed by atoms with Crippen molar-refractivity contribution >= 4 is 51.9 Å². The van der Waals surface area contributed by atoms with Crippen molar-refractivity contribution in [3.05, 3.63) is 69.9 Å². The second-order valence-corrected chi connectivity index (χ2v) is 10.8. The third-order valence-corrected chi connectivity index (χ3v) is 7.73. The Morgan fingerprint density at radius 2 is 1.91 bits per heavy atom. The molecule has 5 rings (SSSR count). The Morgan fingerprint density at radius 1 is 1.16 bits per heavy atom. The van der Waals surface area contributed by atoms with E-state index >= 15 is 0 Å². The standard InChI is InChI=1S/C23H26B3N3O2S/c1-14-6-7-15(12-27-14)18(23(24,25)26)19-20(30)28-21(32-19)29-10-8-22(9-11-29)17-5-3-2-4-16(17)13-31-22/h2-7,12H,8-11,13,24-26H2,1H3/b19-18+. The van der Waals surface area contributed by atoms with Gasteiger partial charge in [-0.3, -0.25) is 9.78 Å². The van der Waals surface area contributed by atoms with Crippen LogP contribution >= 0.6 is 11.8 Å². The molecule has 5 nitrogen and oxygen atoms in total. The first kappa shape index (κ1) is 21.6. The first-order valence-corrected chi connectivity index (χ1v) is 12.0. The van der Waals surface area contributed by atoms with E-state index in [1.54, 1.807) is 0 Å². The summed E-state index contributed by atoms with van der Waals surface area (Å²) in [4.78, 5) is 24.9. The Bertz CT molecular complexity index is 1130. The predicted octanol–water partition coefficient (Wildman–Crippen LogP) is 1.23. The van der Waals surface area contributed by atoms with Crippen molar-refractivity contribution in [1.82, 2.24) is 9.88 Å². The second kappa shape index (κ2) is 7.96. The molecule has 1 aromatic heterocycles. The summed E-state index contributed by atoms with van der Waals surface area (Å²) in [5.41, 5.74) is 5.41. The summed E-state index contributed by atoms with van der Waals surface area (Å²) in [6.07, 6.45) is 3.68. The molecule has 0 N–H and O–H groups in total. The van der Waals surface area contributed by atoms with Gasteiger partial charge >= 0.3 is 0 Å². The zero-order valence-corrected chi connectivity index (χ0v) is 20.0. The summed E-state index contributed by atoms with van der Waals surface area (Å²) in [5, 5.41) is 0.612. The molecule has 0 bridgehead atoms. The SMILES string of the molecule is BC(B)(B)/C(=C1/SC(N2CCC3(CC2)OCc2ccccc23)=NC1=O)c1ccc(C)nc1. The fourth-order valence-corrected chi connectivity index (χ4v) is 6.25. The molecule has 0 radical (unpaired) electrons. The van der Waals surface area contributed by atoms with E-state index in [1.807, 2.05) is 19.2 Å². The normalized spacial score (nSPS) is 21.6. The molecule has 4 heterocycles. The molecule has 1 aromatic carbocycles. The summed E-state index contributed by atoms with van der Waals surface area (Å²) in [7, 11) is 6.42. The van der Waals surface area contributed by atoms with Crippen molar-refractivity contribution in [2.75, 3.05) is 13.1 Å². The van der Waals surface area contributed by atoms with Crippen LogP contribution in [0.15, 0.2) is 52.5 Å². The molecule has 3 aliphatic heterocycles. The third kappa shape index (κ3) is 3.75. The minimum Gasteiger partial charge on any atom is -0.365 e. The number of aliphatic imine (C=N–C) groups is 1. The first-order chi connectivity index (χ1) is 15.3. The summed E-state index contributed by atoms with van der Waals surface area (Å²) >= 11 is 1.51. The van der Waals surface area contributed by atoms with Crippen molar-refractivity contribution in [3.8, 4) is 0 Å². The van der Waals surface area contributed by atoms with E-state index in [2.05, 4.69) is 68.7 Å². The van der Waals surface area contributed by atoms with Crippen LogP contribution < -0.4 is 0 Å². The number of carbonyl (C=O) groups is 1. The number of rotatable bonds is 2.